The molecular weight excluding hydrogens is 248 g/mol. The van der Waals surface area contributed by atoms with Gasteiger partial charge in [-0.05, 0) is 30.2 Å². The van der Waals surface area contributed by atoms with Crippen molar-refractivity contribution in [1.29, 1.82) is 0 Å². The standard InChI is InChI=1S/C13H16N2O4/c16-7-11(13(18)19)15-12(17)10-3-1-2-8-6-14-5-4-9(8)10/h1-3,11,14,16H,4-7H2,(H,15,17)(H,18,19). The topological polar surface area (TPSA) is 98.7 Å². The zero-order valence-corrected chi connectivity index (χ0v) is 10.3. The first kappa shape index (κ1) is 13.5. The first-order valence-corrected chi connectivity index (χ1v) is 6.09. The van der Waals surface area contributed by atoms with E-state index in [2.05, 4.69) is 10.6 Å². The van der Waals surface area contributed by atoms with Crippen molar-refractivity contribution >= 4 is 11.9 Å². The Labute approximate surface area is 110 Å². The van der Waals surface area contributed by atoms with E-state index in [0.717, 1.165) is 24.1 Å². The van der Waals surface area contributed by atoms with Gasteiger partial charge < -0.3 is 20.8 Å². The third-order valence-electron chi connectivity index (χ3n) is 3.17. The molecule has 0 aliphatic carbocycles. The minimum Gasteiger partial charge on any atom is -0.480 e. The van der Waals surface area contributed by atoms with Gasteiger partial charge in [0.15, 0.2) is 6.04 Å². The van der Waals surface area contributed by atoms with Gasteiger partial charge in [-0.1, -0.05) is 12.1 Å². The van der Waals surface area contributed by atoms with E-state index < -0.39 is 24.5 Å². The Kier molecular flexibility index (Phi) is 4.13. The quantitative estimate of drug-likeness (QED) is 0.588. The van der Waals surface area contributed by atoms with Crippen molar-refractivity contribution in [3.63, 3.8) is 0 Å². The fourth-order valence-electron chi connectivity index (χ4n) is 2.17. The van der Waals surface area contributed by atoms with Crippen molar-refractivity contribution in [2.24, 2.45) is 0 Å². The first-order chi connectivity index (χ1) is 9.13. The number of carboxylic acids is 1. The molecule has 0 saturated carbocycles. The molecule has 0 spiro atoms. The summed E-state index contributed by atoms with van der Waals surface area (Å²) in [5.74, 6) is -1.71. The molecule has 1 aliphatic heterocycles. The number of carbonyl (C=O) groups excluding carboxylic acids is 1. The van der Waals surface area contributed by atoms with E-state index in [1.807, 2.05) is 6.07 Å². The first-order valence-electron chi connectivity index (χ1n) is 6.09. The van der Waals surface area contributed by atoms with Gasteiger partial charge in [-0.3, -0.25) is 4.79 Å². The molecule has 0 fully saturated rings. The van der Waals surface area contributed by atoms with Crippen LogP contribution < -0.4 is 10.6 Å². The number of hydrogen-bond donors (Lipinski definition) is 4. The van der Waals surface area contributed by atoms with Crippen LogP contribution in [0.25, 0.3) is 0 Å². The van der Waals surface area contributed by atoms with Gasteiger partial charge in [-0.2, -0.15) is 0 Å². The fourth-order valence-corrected chi connectivity index (χ4v) is 2.17. The van der Waals surface area contributed by atoms with Gasteiger partial charge in [0.25, 0.3) is 5.91 Å². The van der Waals surface area contributed by atoms with Crippen molar-refractivity contribution < 1.29 is 19.8 Å². The second-order valence-corrected chi connectivity index (χ2v) is 4.42. The predicted molar refractivity (Wildman–Crippen MR) is 67.8 cm³/mol. The molecule has 102 valence electrons. The Morgan fingerprint density at radius 2 is 2.21 bits per heavy atom. The molecule has 1 aromatic rings. The predicted octanol–water partition coefficient (Wildman–Crippen LogP) is -0.492. The summed E-state index contributed by atoms with van der Waals surface area (Å²) in [4.78, 5) is 22.9. The molecule has 0 bridgehead atoms. The van der Waals surface area contributed by atoms with Crippen LogP contribution in [0, 0.1) is 0 Å². The summed E-state index contributed by atoms with van der Waals surface area (Å²) in [6, 6.07) is 4.12. The van der Waals surface area contributed by atoms with Gasteiger partial charge in [-0.15, -0.1) is 0 Å². The number of rotatable bonds is 4. The molecule has 0 aromatic heterocycles. The molecular formula is C13H16N2O4. The average Bonchev–Trinajstić information content (AvgIpc) is 2.43. The smallest absolute Gasteiger partial charge is 0.328 e. The zero-order chi connectivity index (χ0) is 13.8. The van der Waals surface area contributed by atoms with Crippen molar-refractivity contribution in [3.05, 3.63) is 34.9 Å². The Hall–Kier alpha value is -1.92. The number of aliphatic hydroxyl groups is 1. The lowest BCUT2D eigenvalue weighted by Crippen LogP contribution is -2.43. The molecule has 0 saturated heterocycles. The Morgan fingerprint density at radius 1 is 1.42 bits per heavy atom. The van der Waals surface area contributed by atoms with Gasteiger partial charge in [0.05, 0.1) is 6.61 Å². The van der Waals surface area contributed by atoms with Gasteiger partial charge >= 0.3 is 5.97 Å². The molecule has 1 atom stereocenters. The van der Waals surface area contributed by atoms with Crippen molar-refractivity contribution in [1.82, 2.24) is 10.6 Å². The second-order valence-electron chi connectivity index (χ2n) is 4.42. The van der Waals surface area contributed by atoms with Crippen molar-refractivity contribution in [2.45, 2.75) is 19.0 Å². The lowest BCUT2D eigenvalue weighted by molar-refractivity contribution is -0.140. The minimum absolute atomic E-state index is 0.458. The molecule has 1 unspecified atom stereocenters. The summed E-state index contributed by atoms with van der Waals surface area (Å²) in [5.41, 5.74) is 2.48. The highest BCUT2D eigenvalue weighted by atomic mass is 16.4. The highest BCUT2D eigenvalue weighted by molar-refractivity contribution is 5.98. The summed E-state index contributed by atoms with van der Waals surface area (Å²) in [7, 11) is 0. The van der Waals surface area contributed by atoms with Crippen molar-refractivity contribution in [2.75, 3.05) is 13.2 Å². The van der Waals surface area contributed by atoms with Gasteiger partial charge in [0, 0.05) is 12.1 Å². The SMILES string of the molecule is O=C(NC(CO)C(=O)O)c1cccc2c1CCNC2. The normalized spacial score (nSPS) is 15.4. The van der Waals surface area contributed by atoms with Crippen molar-refractivity contribution in [3.8, 4) is 0 Å². The van der Waals surface area contributed by atoms with Crippen LogP contribution in [0.3, 0.4) is 0 Å². The Morgan fingerprint density at radius 3 is 2.89 bits per heavy atom. The van der Waals surface area contributed by atoms with Crippen LogP contribution in [0.4, 0.5) is 0 Å². The summed E-state index contributed by atoms with van der Waals surface area (Å²) < 4.78 is 0. The Balaban J connectivity index is 2.22. The van der Waals surface area contributed by atoms with Gasteiger partial charge in [-0.25, -0.2) is 4.79 Å². The average molecular weight is 264 g/mol. The molecule has 6 nitrogen and oxygen atoms in total. The lowest BCUT2D eigenvalue weighted by atomic mass is 9.95. The lowest BCUT2D eigenvalue weighted by Gasteiger charge is -2.20. The molecule has 1 amide bonds. The van der Waals surface area contributed by atoms with E-state index in [-0.39, 0.29) is 0 Å². The Bertz CT molecular complexity index is 501. The molecule has 6 heteroatoms. The monoisotopic (exact) mass is 264 g/mol. The molecule has 1 heterocycles. The minimum atomic E-state index is -1.27. The summed E-state index contributed by atoms with van der Waals surface area (Å²) in [6.07, 6.45) is 0.732. The van der Waals surface area contributed by atoms with Crippen LogP contribution in [0.5, 0.6) is 0 Å². The van der Waals surface area contributed by atoms with Crippen LogP contribution in [-0.4, -0.2) is 41.3 Å². The maximum atomic E-state index is 12.1. The van der Waals surface area contributed by atoms with Crippen LogP contribution >= 0.6 is 0 Å². The number of carbonyl (C=O) groups is 2. The number of carboxylic acid groups (broad SMARTS) is 1. The molecule has 19 heavy (non-hydrogen) atoms. The molecule has 1 aromatic carbocycles. The highest BCUT2D eigenvalue weighted by Gasteiger charge is 2.22. The number of nitrogens with one attached hydrogen (secondary N) is 2. The molecule has 0 radical (unpaired) electrons. The number of amides is 1. The zero-order valence-electron chi connectivity index (χ0n) is 10.3. The molecule has 2 rings (SSSR count). The maximum absolute atomic E-state index is 12.1. The largest absolute Gasteiger partial charge is 0.480 e. The van der Waals surface area contributed by atoms with Crippen LogP contribution in [0.2, 0.25) is 0 Å². The molecule has 1 aliphatic rings. The van der Waals surface area contributed by atoms with E-state index in [1.165, 1.54) is 0 Å². The summed E-state index contributed by atoms with van der Waals surface area (Å²) in [6.45, 7) is 0.871. The molecule has 4 N–H and O–H groups in total. The highest BCUT2D eigenvalue weighted by Crippen LogP contribution is 2.18. The summed E-state index contributed by atoms with van der Waals surface area (Å²) >= 11 is 0. The third kappa shape index (κ3) is 2.91. The van der Waals surface area contributed by atoms with Crippen LogP contribution in [0.15, 0.2) is 18.2 Å². The number of fused-ring (bicyclic) bond motifs is 1. The number of aliphatic hydroxyl groups excluding tert-OH is 1. The third-order valence-corrected chi connectivity index (χ3v) is 3.17. The van der Waals surface area contributed by atoms with Gasteiger partial charge in [0.2, 0.25) is 0 Å². The summed E-state index contributed by atoms with van der Waals surface area (Å²) in [5, 5.41) is 23.3. The van der Waals surface area contributed by atoms with Gasteiger partial charge in [0.1, 0.15) is 0 Å². The number of hydrogen-bond acceptors (Lipinski definition) is 4. The number of benzene rings is 1. The van der Waals surface area contributed by atoms with E-state index in [1.54, 1.807) is 12.1 Å². The fraction of sp³-hybridized carbons (Fsp3) is 0.385. The van der Waals surface area contributed by atoms with E-state index in [9.17, 15) is 9.59 Å². The maximum Gasteiger partial charge on any atom is 0.328 e. The van der Waals surface area contributed by atoms with E-state index in [0.29, 0.717) is 12.1 Å². The van der Waals surface area contributed by atoms with E-state index >= 15 is 0 Å². The van der Waals surface area contributed by atoms with Crippen LogP contribution in [0.1, 0.15) is 21.5 Å². The number of aliphatic carboxylic acids is 1. The van der Waals surface area contributed by atoms with E-state index in [4.69, 9.17) is 10.2 Å². The van der Waals surface area contributed by atoms with Crippen LogP contribution in [-0.2, 0) is 17.8 Å². The second kappa shape index (κ2) is 5.81.